The molecule has 4 rings (SSSR count). The number of halogens is 1. The van der Waals surface area contributed by atoms with Crippen molar-refractivity contribution >= 4 is 31.6 Å². The van der Waals surface area contributed by atoms with Gasteiger partial charge in [0, 0.05) is 74.0 Å². The molecule has 0 aliphatic carbocycles. The van der Waals surface area contributed by atoms with Gasteiger partial charge in [0.15, 0.2) is 7.85 Å². The van der Waals surface area contributed by atoms with Crippen LogP contribution in [-0.4, -0.2) is 84.0 Å². The zero-order valence-electron chi connectivity index (χ0n) is 23.2. The molecule has 10 nitrogen and oxygen atoms in total. The third-order valence-corrected chi connectivity index (χ3v) is 7.50. The van der Waals surface area contributed by atoms with Crippen molar-refractivity contribution in [3.05, 3.63) is 64.5 Å². The number of morpholine rings is 1. The number of hydrogen-bond acceptors (Lipinski definition) is 8. The van der Waals surface area contributed by atoms with Crippen LogP contribution in [0.5, 0.6) is 0 Å². The number of fused-ring (bicyclic) bond motifs is 1. The first-order valence-corrected chi connectivity index (χ1v) is 13.4. The Hall–Kier alpha value is -3.32. The fraction of sp³-hybridized carbons (Fsp3) is 0.464. The predicted molar refractivity (Wildman–Crippen MR) is 148 cm³/mol. The highest BCUT2D eigenvalue weighted by molar-refractivity contribution is 6.21. The minimum Gasteiger partial charge on any atom is -0.380 e. The van der Waals surface area contributed by atoms with Crippen LogP contribution in [0.2, 0.25) is 0 Å². The van der Waals surface area contributed by atoms with Gasteiger partial charge in [0.2, 0.25) is 5.72 Å². The number of likely N-dealkylation sites (N-methyl/N-ethyl adjacent to an activating group) is 1. The average Bonchev–Trinajstić information content (AvgIpc) is 3.12. The maximum absolute atomic E-state index is 15.6. The lowest BCUT2D eigenvalue weighted by Gasteiger charge is -2.43. The molecule has 214 valence electrons. The number of hydrogen-bond donors (Lipinski definition) is 4. The second-order valence-electron chi connectivity index (χ2n) is 10.7. The first-order valence-electron chi connectivity index (χ1n) is 13.4. The van der Waals surface area contributed by atoms with E-state index in [-0.39, 0.29) is 42.1 Å². The second kappa shape index (κ2) is 11.7. The highest BCUT2D eigenvalue weighted by Gasteiger charge is 2.57. The molecule has 0 radical (unpaired) electrons. The number of nitrogens with one attached hydrogen (secondary N) is 2. The molecule has 0 bridgehead atoms. The quantitative estimate of drug-likeness (QED) is 0.249. The minimum atomic E-state index is -2.48. The summed E-state index contributed by atoms with van der Waals surface area (Å²) in [6, 6.07) is 9.91. The number of benzene rings is 2. The lowest BCUT2D eigenvalue weighted by atomic mass is 9.81. The van der Waals surface area contributed by atoms with E-state index in [4.69, 9.17) is 4.74 Å². The molecule has 0 aromatic heterocycles. The van der Waals surface area contributed by atoms with E-state index in [0.29, 0.717) is 47.6 Å². The number of aliphatic hydroxyl groups is 2. The summed E-state index contributed by atoms with van der Waals surface area (Å²) in [6.07, 6.45) is 0.0147. The minimum absolute atomic E-state index is 0.0567. The summed E-state index contributed by atoms with van der Waals surface area (Å²) in [7, 11) is 2.58. The maximum Gasteiger partial charge on any atom is 0.273 e. The summed E-state index contributed by atoms with van der Waals surface area (Å²) in [4.78, 5) is 40.1. The van der Waals surface area contributed by atoms with E-state index < -0.39 is 29.6 Å². The van der Waals surface area contributed by atoms with Crippen LogP contribution in [0.25, 0.3) is 0 Å². The summed E-state index contributed by atoms with van der Waals surface area (Å²) < 4.78 is 21.3. The summed E-state index contributed by atoms with van der Waals surface area (Å²) in [5.41, 5.74) is -3.09. The van der Waals surface area contributed by atoms with E-state index in [0.717, 1.165) is 0 Å². The number of ether oxygens (including phenoxy) is 1. The van der Waals surface area contributed by atoms with Gasteiger partial charge in [-0.05, 0) is 26.0 Å². The molecule has 2 aromatic rings. The summed E-state index contributed by atoms with van der Waals surface area (Å²) in [6.45, 7) is 5.90. The van der Waals surface area contributed by atoms with Gasteiger partial charge in [-0.15, -0.1) is 0 Å². The maximum atomic E-state index is 15.6. The Morgan fingerprint density at radius 3 is 2.52 bits per heavy atom. The first kappa shape index (κ1) is 29.7. The van der Waals surface area contributed by atoms with Crippen molar-refractivity contribution in [3.63, 3.8) is 0 Å². The van der Waals surface area contributed by atoms with Crippen LogP contribution in [-0.2, 0) is 33.0 Å². The van der Waals surface area contributed by atoms with E-state index in [1.54, 1.807) is 30.3 Å². The normalized spacial score (nSPS) is 24.4. The van der Waals surface area contributed by atoms with Gasteiger partial charge in [-0.2, -0.15) is 0 Å². The van der Waals surface area contributed by atoms with E-state index in [2.05, 4.69) is 15.5 Å². The van der Waals surface area contributed by atoms with Crippen LogP contribution < -0.4 is 10.6 Å². The van der Waals surface area contributed by atoms with Crippen LogP contribution >= 0.6 is 0 Å². The number of carbonyl (C=O) groups is 3. The summed E-state index contributed by atoms with van der Waals surface area (Å²) in [5, 5.41) is 28.4. The summed E-state index contributed by atoms with van der Waals surface area (Å²) >= 11 is 0. The van der Waals surface area contributed by atoms with E-state index in [9.17, 15) is 24.6 Å². The fourth-order valence-electron chi connectivity index (χ4n) is 5.87. The lowest BCUT2D eigenvalue weighted by Crippen LogP contribution is -2.65. The number of rotatable bonds is 10. The second-order valence-corrected chi connectivity index (χ2v) is 10.7. The van der Waals surface area contributed by atoms with Gasteiger partial charge in [-0.25, -0.2) is 4.39 Å². The third kappa shape index (κ3) is 5.49. The molecule has 1 saturated heterocycles. The van der Waals surface area contributed by atoms with Crippen LogP contribution in [0.3, 0.4) is 0 Å². The van der Waals surface area contributed by atoms with Crippen molar-refractivity contribution in [2.45, 2.75) is 63.3 Å². The van der Waals surface area contributed by atoms with Crippen LogP contribution in [0.1, 0.15) is 53.7 Å². The Morgan fingerprint density at radius 2 is 1.88 bits per heavy atom. The lowest BCUT2D eigenvalue weighted by molar-refractivity contribution is -0.186. The van der Waals surface area contributed by atoms with Crippen molar-refractivity contribution in [3.8, 4) is 0 Å². The number of nitrogens with zero attached hydrogens (tertiary/aromatic N) is 2. The number of anilines is 1. The van der Waals surface area contributed by atoms with E-state index in [1.165, 1.54) is 21.0 Å². The Morgan fingerprint density at radius 1 is 1.23 bits per heavy atom. The van der Waals surface area contributed by atoms with Crippen LogP contribution in [0.15, 0.2) is 36.4 Å². The molecule has 2 heterocycles. The SMILES string of the molecule is BC1(O)c2c(NCc3cccc(CN4CC(C)OC(C)C4)c3F)cccc2C(=O)N1C(O)(CCC=O)C(=O)NC. The topological polar surface area (TPSA) is 131 Å². The summed E-state index contributed by atoms with van der Waals surface area (Å²) in [5.74, 6) is -2.06. The van der Waals surface area contributed by atoms with Gasteiger partial charge >= 0.3 is 0 Å². The molecule has 40 heavy (non-hydrogen) atoms. The van der Waals surface area contributed by atoms with E-state index >= 15 is 4.39 Å². The van der Waals surface area contributed by atoms with Gasteiger partial charge in [0.1, 0.15) is 17.7 Å². The fourth-order valence-corrected chi connectivity index (χ4v) is 5.87. The predicted octanol–water partition coefficient (Wildman–Crippen LogP) is 0.652. The number of amides is 2. The van der Waals surface area contributed by atoms with Crippen molar-refractivity contribution in [1.29, 1.82) is 0 Å². The van der Waals surface area contributed by atoms with Crippen molar-refractivity contribution < 1.29 is 33.7 Å². The van der Waals surface area contributed by atoms with E-state index in [1.807, 2.05) is 13.8 Å². The van der Waals surface area contributed by atoms with Crippen molar-refractivity contribution in [2.24, 2.45) is 0 Å². The van der Waals surface area contributed by atoms with Gasteiger partial charge in [-0.3, -0.25) is 19.4 Å². The smallest absolute Gasteiger partial charge is 0.273 e. The van der Waals surface area contributed by atoms with Crippen molar-refractivity contribution in [2.75, 3.05) is 25.5 Å². The molecule has 1 fully saturated rings. The molecule has 4 N–H and O–H groups in total. The van der Waals surface area contributed by atoms with Gasteiger partial charge < -0.3 is 30.4 Å². The zero-order valence-corrected chi connectivity index (χ0v) is 23.2. The van der Waals surface area contributed by atoms with Crippen LogP contribution in [0, 0.1) is 5.82 Å². The molecular formula is C28H36BFN4O6. The average molecular weight is 554 g/mol. The standard InChI is InChI=1S/C28H36BFN4O6/c1-17-14-33(15-18(2)40-17)16-20-8-4-7-19(24(20)30)13-32-22-10-5-9-21-23(22)28(29,39)34(25(21)36)27(38,11-6-12-35)26(37)31-3/h4-5,7-10,12,17-18,32,38-39H,6,11,13-16,29H2,1-3H3,(H,31,37). The molecule has 2 aromatic carbocycles. The zero-order chi connectivity index (χ0) is 29.2. The Kier molecular flexibility index (Phi) is 8.64. The molecule has 2 amide bonds. The Balaban J connectivity index is 1.60. The molecule has 2 aliphatic rings. The molecular weight excluding hydrogens is 518 g/mol. The van der Waals surface area contributed by atoms with Crippen molar-refractivity contribution in [1.82, 2.24) is 15.1 Å². The Labute approximate surface area is 233 Å². The molecule has 4 unspecified atom stereocenters. The molecule has 12 heteroatoms. The Bertz CT molecular complexity index is 1280. The number of carbonyl (C=O) groups excluding carboxylic acids is 3. The largest absolute Gasteiger partial charge is 0.380 e. The van der Waals surface area contributed by atoms with Gasteiger partial charge in [0.05, 0.1) is 12.2 Å². The van der Waals surface area contributed by atoms with Gasteiger partial charge in [0.25, 0.3) is 11.8 Å². The van der Waals surface area contributed by atoms with Gasteiger partial charge in [-0.1, -0.05) is 24.3 Å². The third-order valence-electron chi connectivity index (χ3n) is 7.50. The molecule has 0 spiro atoms. The first-order chi connectivity index (χ1) is 18.9. The number of aldehydes is 1. The highest BCUT2D eigenvalue weighted by atomic mass is 19.1. The highest BCUT2D eigenvalue weighted by Crippen LogP contribution is 2.44. The monoisotopic (exact) mass is 554 g/mol. The van der Waals surface area contributed by atoms with Crippen LogP contribution in [0.4, 0.5) is 10.1 Å². The molecule has 4 atom stereocenters. The molecule has 2 aliphatic heterocycles. The molecule has 0 saturated carbocycles.